The molecule has 0 aliphatic carbocycles. The first-order valence-electron chi connectivity index (χ1n) is 8.48. The van der Waals surface area contributed by atoms with Crippen molar-refractivity contribution in [2.75, 3.05) is 6.61 Å². The maximum atomic E-state index is 12.5. The molecular formula is C17H19Cl2N5O7S. The maximum Gasteiger partial charge on any atom is 0.340 e. The largest absolute Gasteiger partial charge is 0.493 e. The fourth-order valence-electron chi connectivity index (χ4n) is 2.08. The lowest BCUT2D eigenvalue weighted by Gasteiger charge is -2.11. The lowest BCUT2D eigenvalue weighted by atomic mass is 10.2. The van der Waals surface area contributed by atoms with Crippen molar-refractivity contribution in [1.29, 1.82) is 0 Å². The van der Waals surface area contributed by atoms with Crippen LogP contribution < -0.4 is 20.4 Å². The molecule has 0 saturated carbocycles. The van der Waals surface area contributed by atoms with Crippen molar-refractivity contribution < 1.29 is 27.6 Å². The third-order valence-corrected chi connectivity index (χ3v) is 5.13. The van der Waals surface area contributed by atoms with Crippen LogP contribution in [0.5, 0.6) is 11.5 Å². The molecule has 0 spiro atoms. The van der Waals surface area contributed by atoms with Gasteiger partial charge in [-0.3, -0.25) is 0 Å². The van der Waals surface area contributed by atoms with E-state index in [1.807, 2.05) is 0 Å². The Labute approximate surface area is 193 Å². The molecule has 0 radical (unpaired) electrons. The van der Waals surface area contributed by atoms with Gasteiger partial charge in [-0.05, 0) is 42.8 Å². The van der Waals surface area contributed by atoms with Gasteiger partial charge in [-0.2, -0.15) is 13.5 Å². The summed E-state index contributed by atoms with van der Waals surface area (Å²) >= 11 is 11.8. The van der Waals surface area contributed by atoms with Gasteiger partial charge >= 0.3 is 10.1 Å². The summed E-state index contributed by atoms with van der Waals surface area (Å²) in [6.45, 7) is 2.05. The maximum absolute atomic E-state index is 12.5. The van der Waals surface area contributed by atoms with Gasteiger partial charge in [0.1, 0.15) is 16.4 Å². The molecule has 0 atom stereocenters. The SMILES string of the molecule is Cc1cc(OCC/C=N\N=C(N)N)cc(OS(=O)(=O)c2cc(Cl)ccc2Cl)c1.O=[N+]([O-])O. The monoisotopic (exact) mass is 507 g/mol. The van der Waals surface area contributed by atoms with Crippen LogP contribution in [-0.2, 0) is 10.1 Å². The number of aryl methyl sites for hydroxylation is 1. The van der Waals surface area contributed by atoms with E-state index in [1.165, 1.54) is 30.5 Å². The Kier molecular flexibility index (Phi) is 10.5. The fraction of sp³-hybridized carbons (Fsp3) is 0.176. The summed E-state index contributed by atoms with van der Waals surface area (Å²) in [7, 11) is -4.17. The molecule has 2 aromatic carbocycles. The molecule has 32 heavy (non-hydrogen) atoms. The number of halogens is 2. The zero-order valence-corrected chi connectivity index (χ0v) is 18.8. The van der Waals surface area contributed by atoms with E-state index in [4.69, 9.17) is 58.9 Å². The quantitative estimate of drug-likeness (QED) is 0.120. The summed E-state index contributed by atoms with van der Waals surface area (Å²) in [6, 6.07) is 8.84. The van der Waals surface area contributed by atoms with Gasteiger partial charge in [0.25, 0.3) is 5.09 Å². The van der Waals surface area contributed by atoms with Crippen LogP contribution in [0.1, 0.15) is 12.0 Å². The smallest absolute Gasteiger partial charge is 0.340 e. The minimum absolute atomic E-state index is 0.00795. The van der Waals surface area contributed by atoms with Crippen molar-refractivity contribution in [2.45, 2.75) is 18.2 Å². The number of hydrogen-bond donors (Lipinski definition) is 3. The Morgan fingerprint density at radius 2 is 1.84 bits per heavy atom. The molecule has 2 aromatic rings. The third-order valence-electron chi connectivity index (χ3n) is 3.16. The lowest BCUT2D eigenvalue weighted by Crippen LogP contribution is -2.21. The standard InChI is InChI=1S/C17H18Cl2N4O4S.HNO3/c1-11-7-13(26-6-2-5-22-23-17(20)21)10-14(8-11)27-28(24,25)16-9-12(18)3-4-15(16)19;2-1(3)4/h3-5,7-10H,2,6H2,1H3,(H4,20,21,23);(H,2,3,4)/b22-5-;. The van der Waals surface area contributed by atoms with Crippen LogP contribution in [-0.4, -0.2) is 37.5 Å². The molecule has 0 saturated heterocycles. The van der Waals surface area contributed by atoms with Crippen molar-refractivity contribution in [3.8, 4) is 11.5 Å². The zero-order valence-electron chi connectivity index (χ0n) is 16.5. The molecule has 2 rings (SSSR count). The molecule has 0 unspecified atom stereocenters. The Hall–Kier alpha value is -3.29. The third kappa shape index (κ3) is 10.1. The molecule has 0 bridgehead atoms. The molecular weight excluding hydrogens is 489 g/mol. The highest BCUT2D eigenvalue weighted by molar-refractivity contribution is 7.87. The first-order valence-corrected chi connectivity index (χ1v) is 10.6. The van der Waals surface area contributed by atoms with E-state index in [9.17, 15) is 8.42 Å². The number of nitrogens with zero attached hydrogens (tertiary/aromatic N) is 3. The minimum atomic E-state index is -4.17. The average Bonchev–Trinajstić information content (AvgIpc) is 2.65. The second-order valence-electron chi connectivity index (χ2n) is 5.79. The first kappa shape index (κ1) is 26.7. The van der Waals surface area contributed by atoms with Crippen LogP contribution in [0.25, 0.3) is 0 Å². The van der Waals surface area contributed by atoms with Gasteiger partial charge in [0.2, 0.25) is 5.96 Å². The summed E-state index contributed by atoms with van der Waals surface area (Å²) < 4.78 is 35.8. The van der Waals surface area contributed by atoms with Crippen molar-refractivity contribution in [3.05, 3.63) is 62.1 Å². The number of nitrogens with two attached hydrogens (primary N) is 2. The Morgan fingerprint density at radius 3 is 2.47 bits per heavy atom. The molecule has 5 N–H and O–H groups in total. The molecule has 15 heteroatoms. The molecule has 0 aromatic heterocycles. The van der Waals surface area contributed by atoms with Gasteiger partial charge in [0, 0.05) is 23.7 Å². The van der Waals surface area contributed by atoms with Gasteiger partial charge in [0.15, 0.2) is 0 Å². The van der Waals surface area contributed by atoms with E-state index in [-0.39, 0.29) is 33.3 Å². The van der Waals surface area contributed by atoms with E-state index in [0.29, 0.717) is 12.2 Å². The van der Waals surface area contributed by atoms with Gasteiger partial charge in [-0.25, -0.2) is 0 Å². The van der Waals surface area contributed by atoms with E-state index in [2.05, 4.69) is 10.2 Å². The second-order valence-corrected chi connectivity index (χ2v) is 8.15. The molecule has 0 aliphatic rings. The number of guanidine groups is 1. The summed E-state index contributed by atoms with van der Waals surface area (Å²) in [4.78, 5) is 8.14. The highest BCUT2D eigenvalue weighted by Crippen LogP contribution is 2.30. The Balaban J connectivity index is 0.00000118. The molecule has 12 nitrogen and oxygen atoms in total. The first-order chi connectivity index (χ1) is 14.9. The summed E-state index contributed by atoms with van der Waals surface area (Å²) in [5, 5.41) is 21.0. The topological polar surface area (TPSA) is 193 Å². The number of benzene rings is 2. The molecule has 174 valence electrons. The van der Waals surface area contributed by atoms with Crippen molar-refractivity contribution in [3.63, 3.8) is 0 Å². The van der Waals surface area contributed by atoms with Crippen LogP contribution in [0.4, 0.5) is 0 Å². The minimum Gasteiger partial charge on any atom is -0.493 e. The average molecular weight is 508 g/mol. The van der Waals surface area contributed by atoms with Crippen molar-refractivity contribution in [1.82, 2.24) is 0 Å². The molecule has 0 heterocycles. The van der Waals surface area contributed by atoms with Gasteiger partial charge in [-0.1, -0.05) is 23.2 Å². The number of ether oxygens (including phenoxy) is 1. The number of hydrogen-bond acceptors (Lipinski definition) is 8. The van der Waals surface area contributed by atoms with Crippen LogP contribution >= 0.6 is 23.2 Å². The second kappa shape index (κ2) is 12.5. The predicted molar refractivity (Wildman–Crippen MR) is 119 cm³/mol. The van der Waals surface area contributed by atoms with E-state index in [0.717, 1.165) is 5.56 Å². The molecule has 0 aliphatic heterocycles. The molecule has 0 amide bonds. The van der Waals surface area contributed by atoms with Crippen LogP contribution in [0.2, 0.25) is 10.0 Å². The summed E-state index contributed by atoms with van der Waals surface area (Å²) in [5.74, 6) is 0.372. The highest BCUT2D eigenvalue weighted by atomic mass is 35.5. The lowest BCUT2D eigenvalue weighted by molar-refractivity contribution is -0.742. The number of rotatable bonds is 8. The fourth-order valence-corrected chi connectivity index (χ4v) is 3.74. The Bertz CT molecular complexity index is 1100. The van der Waals surface area contributed by atoms with Crippen LogP contribution in [0.15, 0.2) is 51.5 Å². The van der Waals surface area contributed by atoms with Crippen molar-refractivity contribution in [2.24, 2.45) is 21.7 Å². The van der Waals surface area contributed by atoms with E-state index >= 15 is 0 Å². The highest BCUT2D eigenvalue weighted by Gasteiger charge is 2.21. The van der Waals surface area contributed by atoms with Gasteiger partial charge < -0.3 is 25.6 Å². The van der Waals surface area contributed by atoms with Crippen LogP contribution in [0, 0.1) is 17.0 Å². The summed E-state index contributed by atoms with van der Waals surface area (Å²) in [6.07, 6.45) is 1.93. The van der Waals surface area contributed by atoms with Crippen molar-refractivity contribution >= 4 is 45.5 Å². The summed E-state index contributed by atoms with van der Waals surface area (Å²) in [5.41, 5.74) is 11.0. The van der Waals surface area contributed by atoms with E-state index < -0.39 is 15.2 Å². The van der Waals surface area contributed by atoms with Gasteiger partial charge in [0.05, 0.1) is 11.6 Å². The molecule has 0 fully saturated rings. The zero-order chi connectivity index (χ0) is 24.3. The Morgan fingerprint density at radius 1 is 1.22 bits per heavy atom. The normalized spacial score (nSPS) is 10.7. The van der Waals surface area contributed by atoms with Gasteiger partial charge in [-0.15, -0.1) is 15.2 Å². The van der Waals surface area contributed by atoms with E-state index in [1.54, 1.807) is 19.1 Å². The predicted octanol–water partition coefficient (Wildman–Crippen LogP) is 2.75. The van der Waals surface area contributed by atoms with Crippen LogP contribution in [0.3, 0.4) is 0 Å².